The molecule has 0 radical (unpaired) electrons. The molecule has 0 fully saturated rings. The third-order valence-corrected chi connectivity index (χ3v) is 3.23. The number of amides is 1. The fraction of sp³-hybridized carbons (Fsp3) is 0.462. The van der Waals surface area contributed by atoms with Crippen LogP contribution in [0.25, 0.3) is 0 Å². The van der Waals surface area contributed by atoms with Crippen LogP contribution in [0.15, 0.2) is 18.2 Å². The number of methoxy groups -OCH3 is 1. The Morgan fingerprint density at radius 3 is 2.55 bits per heavy atom. The van der Waals surface area contributed by atoms with E-state index in [0.717, 1.165) is 0 Å². The number of non-ortho nitro benzene ring substituents is 1. The Morgan fingerprint density at radius 1 is 1.50 bits per heavy atom. The first-order chi connectivity index (χ1) is 9.24. The van der Waals surface area contributed by atoms with Crippen LogP contribution in [-0.4, -0.2) is 47.1 Å². The second-order valence-electron chi connectivity index (χ2n) is 4.98. The molecule has 0 aromatic heterocycles. The summed E-state index contributed by atoms with van der Waals surface area (Å²) in [5, 5.41) is 20.0. The molecule has 0 unspecified atom stereocenters. The maximum absolute atomic E-state index is 12.4. The Hall–Kier alpha value is -2.15. The van der Waals surface area contributed by atoms with Gasteiger partial charge in [0.2, 0.25) is 0 Å². The molecule has 0 aliphatic heterocycles. The number of carbonyl (C=O) groups is 1. The lowest BCUT2D eigenvalue weighted by Gasteiger charge is -2.34. The molecule has 0 aliphatic rings. The molecule has 1 N–H and O–H groups in total. The van der Waals surface area contributed by atoms with Crippen molar-refractivity contribution in [2.24, 2.45) is 0 Å². The van der Waals surface area contributed by atoms with Gasteiger partial charge in [-0.25, -0.2) is 0 Å². The quantitative estimate of drug-likeness (QED) is 0.651. The Balaban J connectivity index is 3.20. The highest BCUT2D eigenvalue weighted by Gasteiger charge is 2.29. The summed E-state index contributed by atoms with van der Waals surface area (Å²) in [6.45, 7) is 3.22. The zero-order valence-corrected chi connectivity index (χ0v) is 11.9. The van der Waals surface area contributed by atoms with E-state index in [2.05, 4.69) is 0 Å². The predicted octanol–water partition coefficient (Wildman–Crippen LogP) is 1.45. The Kier molecular flexibility index (Phi) is 4.67. The third kappa shape index (κ3) is 3.05. The van der Waals surface area contributed by atoms with Gasteiger partial charge in [0.25, 0.3) is 11.6 Å². The number of ether oxygens (including phenoxy) is 1. The summed E-state index contributed by atoms with van der Waals surface area (Å²) in [5.74, 6) is -0.249. The van der Waals surface area contributed by atoms with Gasteiger partial charge in [-0.05, 0) is 19.9 Å². The highest BCUT2D eigenvalue weighted by Crippen LogP contribution is 2.27. The van der Waals surface area contributed by atoms with E-state index in [-0.39, 0.29) is 29.5 Å². The van der Waals surface area contributed by atoms with Gasteiger partial charge >= 0.3 is 0 Å². The van der Waals surface area contributed by atoms with Crippen LogP contribution in [0.1, 0.15) is 24.2 Å². The number of nitro benzene ring substituents is 1. The SMILES string of the molecule is COc1cc([N+](=O)[O-])ccc1C(=O)N(C)C(C)(C)CO. The lowest BCUT2D eigenvalue weighted by atomic mass is 10.0. The van der Waals surface area contributed by atoms with Crippen molar-refractivity contribution < 1.29 is 19.6 Å². The van der Waals surface area contributed by atoms with Gasteiger partial charge in [0.15, 0.2) is 0 Å². The second-order valence-corrected chi connectivity index (χ2v) is 4.98. The summed E-state index contributed by atoms with van der Waals surface area (Å²) in [6.07, 6.45) is 0. The summed E-state index contributed by atoms with van der Waals surface area (Å²) < 4.78 is 5.04. The van der Waals surface area contributed by atoms with Crippen molar-refractivity contribution in [3.05, 3.63) is 33.9 Å². The fourth-order valence-electron chi connectivity index (χ4n) is 1.53. The van der Waals surface area contributed by atoms with E-state index in [1.165, 1.54) is 30.2 Å². The number of likely N-dealkylation sites (N-methyl/N-ethyl adjacent to an activating group) is 1. The lowest BCUT2D eigenvalue weighted by molar-refractivity contribution is -0.384. The first-order valence-corrected chi connectivity index (χ1v) is 5.96. The monoisotopic (exact) mass is 282 g/mol. The zero-order valence-electron chi connectivity index (χ0n) is 11.9. The number of carbonyl (C=O) groups excluding carboxylic acids is 1. The highest BCUT2D eigenvalue weighted by molar-refractivity contribution is 5.97. The molecule has 110 valence electrons. The molecule has 1 aromatic carbocycles. The number of rotatable bonds is 5. The van der Waals surface area contributed by atoms with Crippen LogP contribution in [0.5, 0.6) is 5.75 Å². The average molecular weight is 282 g/mol. The summed E-state index contributed by atoms with van der Waals surface area (Å²) in [6, 6.07) is 3.80. The zero-order chi connectivity index (χ0) is 15.5. The molecular formula is C13H18N2O5. The molecule has 0 aliphatic carbocycles. The van der Waals surface area contributed by atoms with Crippen LogP contribution in [0.3, 0.4) is 0 Å². The molecule has 7 heteroatoms. The minimum atomic E-state index is -0.746. The molecular weight excluding hydrogens is 264 g/mol. The molecule has 0 heterocycles. The topological polar surface area (TPSA) is 92.9 Å². The largest absolute Gasteiger partial charge is 0.496 e. The minimum absolute atomic E-state index is 0.129. The van der Waals surface area contributed by atoms with E-state index >= 15 is 0 Å². The van der Waals surface area contributed by atoms with E-state index in [4.69, 9.17) is 4.74 Å². The molecule has 20 heavy (non-hydrogen) atoms. The smallest absolute Gasteiger partial charge is 0.273 e. The van der Waals surface area contributed by atoms with Crippen molar-refractivity contribution in [1.82, 2.24) is 4.90 Å². The van der Waals surface area contributed by atoms with Gasteiger partial charge in [-0.1, -0.05) is 0 Å². The van der Waals surface area contributed by atoms with Crippen LogP contribution in [0.4, 0.5) is 5.69 Å². The normalized spacial score (nSPS) is 11.1. The number of aliphatic hydroxyl groups is 1. The molecule has 0 bridgehead atoms. The van der Waals surface area contributed by atoms with Gasteiger partial charge in [0, 0.05) is 13.1 Å². The van der Waals surface area contributed by atoms with Crippen LogP contribution in [0.2, 0.25) is 0 Å². The average Bonchev–Trinajstić information content (AvgIpc) is 2.44. The van der Waals surface area contributed by atoms with E-state index in [1.54, 1.807) is 20.9 Å². The molecule has 7 nitrogen and oxygen atoms in total. The van der Waals surface area contributed by atoms with Gasteiger partial charge in [-0.3, -0.25) is 14.9 Å². The van der Waals surface area contributed by atoms with Crippen molar-refractivity contribution >= 4 is 11.6 Å². The Bertz CT molecular complexity index is 527. The molecule has 0 atom stereocenters. The van der Waals surface area contributed by atoms with Crippen molar-refractivity contribution in [3.63, 3.8) is 0 Å². The number of nitro groups is 1. The van der Waals surface area contributed by atoms with Crippen molar-refractivity contribution in [1.29, 1.82) is 0 Å². The number of hydrogen-bond acceptors (Lipinski definition) is 5. The van der Waals surface area contributed by atoms with Crippen LogP contribution < -0.4 is 4.74 Å². The van der Waals surface area contributed by atoms with Crippen LogP contribution in [0, 0.1) is 10.1 Å². The molecule has 1 rings (SSSR count). The molecule has 1 amide bonds. The summed E-state index contributed by atoms with van der Waals surface area (Å²) in [7, 11) is 2.90. The van der Waals surface area contributed by atoms with Gasteiger partial charge in [-0.15, -0.1) is 0 Å². The number of aliphatic hydroxyl groups excluding tert-OH is 1. The van der Waals surface area contributed by atoms with Gasteiger partial charge < -0.3 is 14.7 Å². The van der Waals surface area contributed by atoms with Gasteiger partial charge in [0.1, 0.15) is 5.75 Å². The Labute approximate surface area is 116 Å². The first kappa shape index (κ1) is 15.9. The summed E-state index contributed by atoms with van der Waals surface area (Å²) >= 11 is 0. The Morgan fingerprint density at radius 2 is 2.10 bits per heavy atom. The summed E-state index contributed by atoms with van der Waals surface area (Å²) in [4.78, 5) is 23.9. The van der Waals surface area contributed by atoms with E-state index < -0.39 is 10.5 Å². The second kappa shape index (κ2) is 5.87. The van der Waals surface area contributed by atoms with Crippen LogP contribution in [-0.2, 0) is 0 Å². The van der Waals surface area contributed by atoms with E-state index in [9.17, 15) is 20.0 Å². The number of hydrogen-bond donors (Lipinski definition) is 1. The maximum atomic E-state index is 12.4. The third-order valence-electron chi connectivity index (χ3n) is 3.23. The molecule has 0 spiro atoms. The van der Waals surface area contributed by atoms with Gasteiger partial charge in [0.05, 0.1) is 35.8 Å². The van der Waals surface area contributed by atoms with Crippen molar-refractivity contribution in [2.45, 2.75) is 19.4 Å². The van der Waals surface area contributed by atoms with Crippen LogP contribution >= 0.6 is 0 Å². The number of nitrogens with zero attached hydrogens (tertiary/aromatic N) is 2. The van der Waals surface area contributed by atoms with E-state index in [0.29, 0.717) is 0 Å². The van der Waals surface area contributed by atoms with Crippen molar-refractivity contribution in [2.75, 3.05) is 20.8 Å². The number of benzene rings is 1. The van der Waals surface area contributed by atoms with Crippen molar-refractivity contribution in [3.8, 4) is 5.75 Å². The summed E-state index contributed by atoms with van der Waals surface area (Å²) in [5.41, 5.74) is -0.686. The molecule has 0 saturated heterocycles. The minimum Gasteiger partial charge on any atom is -0.496 e. The predicted molar refractivity (Wildman–Crippen MR) is 72.9 cm³/mol. The fourth-order valence-corrected chi connectivity index (χ4v) is 1.53. The first-order valence-electron chi connectivity index (χ1n) is 5.96. The van der Waals surface area contributed by atoms with Gasteiger partial charge in [-0.2, -0.15) is 0 Å². The standard InChI is InChI=1S/C13H18N2O5/c1-13(2,8-16)14(3)12(17)10-6-5-9(15(18)19)7-11(10)20-4/h5-7,16H,8H2,1-4H3. The molecule has 0 saturated carbocycles. The molecule has 1 aromatic rings. The maximum Gasteiger partial charge on any atom is 0.273 e. The highest BCUT2D eigenvalue weighted by atomic mass is 16.6. The van der Waals surface area contributed by atoms with E-state index in [1.807, 2.05) is 0 Å². The lowest BCUT2D eigenvalue weighted by Crippen LogP contribution is -2.47.